The summed E-state index contributed by atoms with van der Waals surface area (Å²) in [6.45, 7) is 0. The molecule has 0 aliphatic heterocycles. The van der Waals surface area contributed by atoms with Crippen LogP contribution in [0.15, 0.2) is 24.3 Å². The van der Waals surface area contributed by atoms with Crippen LogP contribution < -0.4 is 5.73 Å². The van der Waals surface area contributed by atoms with Crippen molar-refractivity contribution in [3.8, 4) is 0 Å². The summed E-state index contributed by atoms with van der Waals surface area (Å²) in [6.07, 6.45) is -1.97. The van der Waals surface area contributed by atoms with Crippen molar-refractivity contribution in [2.45, 2.75) is 12.6 Å². The first-order valence-electron chi connectivity index (χ1n) is 3.81. The lowest BCUT2D eigenvalue weighted by atomic mass is 10.1. The van der Waals surface area contributed by atoms with E-state index in [2.05, 4.69) is 0 Å². The highest BCUT2D eigenvalue weighted by molar-refractivity contribution is 5.67. The smallest absolute Gasteiger partial charge is 0.306 e. The number of carboxylic acids is 1. The molecule has 1 aromatic carbocycles. The maximum Gasteiger partial charge on any atom is 0.306 e. The van der Waals surface area contributed by atoms with E-state index in [0.29, 0.717) is 11.3 Å². The minimum atomic E-state index is -1.46. The maximum absolute atomic E-state index is 13.1. The predicted molar refractivity (Wildman–Crippen MR) is 47.0 cm³/mol. The number of benzene rings is 1. The molecule has 0 fully saturated rings. The molecule has 0 spiro atoms. The van der Waals surface area contributed by atoms with Gasteiger partial charge >= 0.3 is 5.97 Å². The molecule has 0 aliphatic rings. The van der Waals surface area contributed by atoms with E-state index in [0.717, 1.165) is 0 Å². The molecule has 13 heavy (non-hydrogen) atoms. The van der Waals surface area contributed by atoms with Gasteiger partial charge in [0.1, 0.15) is 6.17 Å². The molecule has 0 aliphatic carbocycles. The van der Waals surface area contributed by atoms with Gasteiger partial charge in [-0.3, -0.25) is 4.79 Å². The molecule has 1 unspecified atom stereocenters. The molecular formula is C9H10FNO2. The largest absolute Gasteiger partial charge is 0.481 e. The number of anilines is 1. The van der Waals surface area contributed by atoms with Gasteiger partial charge in [-0.15, -0.1) is 0 Å². The Labute approximate surface area is 75.0 Å². The van der Waals surface area contributed by atoms with Gasteiger partial charge in [-0.2, -0.15) is 0 Å². The van der Waals surface area contributed by atoms with Crippen molar-refractivity contribution in [2.75, 3.05) is 5.73 Å². The van der Waals surface area contributed by atoms with Crippen molar-refractivity contribution < 1.29 is 14.3 Å². The summed E-state index contributed by atoms with van der Waals surface area (Å²) in [5.74, 6) is -1.15. The molecule has 4 heteroatoms. The summed E-state index contributed by atoms with van der Waals surface area (Å²) < 4.78 is 13.1. The number of aliphatic carboxylic acids is 1. The van der Waals surface area contributed by atoms with E-state index in [1.807, 2.05) is 0 Å². The van der Waals surface area contributed by atoms with Crippen LogP contribution in [0.2, 0.25) is 0 Å². The van der Waals surface area contributed by atoms with Crippen molar-refractivity contribution in [2.24, 2.45) is 0 Å². The zero-order chi connectivity index (χ0) is 9.84. The van der Waals surface area contributed by atoms with Crippen molar-refractivity contribution in [3.05, 3.63) is 29.8 Å². The number of nitrogens with two attached hydrogens (primary N) is 1. The summed E-state index contributed by atoms with van der Waals surface area (Å²) in [4.78, 5) is 10.2. The lowest BCUT2D eigenvalue weighted by Gasteiger charge is -2.05. The van der Waals surface area contributed by atoms with Crippen LogP contribution in [-0.2, 0) is 4.79 Å². The fourth-order valence-electron chi connectivity index (χ4n) is 0.976. The van der Waals surface area contributed by atoms with Crippen LogP contribution in [0.3, 0.4) is 0 Å². The van der Waals surface area contributed by atoms with Gasteiger partial charge in [0.2, 0.25) is 0 Å². The van der Waals surface area contributed by atoms with Crippen molar-refractivity contribution in [1.29, 1.82) is 0 Å². The van der Waals surface area contributed by atoms with Crippen molar-refractivity contribution >= 4 is 11.7 Å². The number of rotatable bonds is 3. The molecule has 1 aromatic rings. The Morgan fingerprint density at radius 3 is 2.46 bits per heavy atom. The van der Waals surface area contributed by atoms with Crippen LogP contribution in [0.25, 0.3) is 0 Å². The Hall–Kier alpha value is -1.58. The number of halogens is 1. The van der Waals surface area contributed by atoms with Gasteiger partial charge in [-0.05, 0) is 17.7 Å². The fraction of sp³-hybridized carbons (Fsp3) is 0.222. The van der Waals surface area contributed by atoms with Gasteiger partial charge in [0, 0.05) is 5.69 Å². The number of alkyl halides is 1. The number of hydrogen-bond donors (Lipinski definition) is 2. The molecule has 1 atom stereocenters. The minimum absolute atomic E-state index is 0.344. The highest BCUT2D eigenvalue weighted by Gasteiger charge is 2.13. The van der Waals surface area contributed by atoms with E-state index in [4.69, 9.17) is 10.8 Å². The quantitative estimate of drug-likeness (QED) is 0.702. The SMILES string of the molecule is Nc1ccc(C(F)CC(=O)O)cc1. The van der Waals surface area contributed by atoms with Crippen LogP contribution in [0.1, 0.15) is 18.2 Å². The molecule has 0 bridgehead atoms. The average molecular weight is 183 g/mol. The molecule has 0 aromatic heterocycles. The van der Waals surface area contributed by atoms with E-state index >= 15 is 0 Å². The van der Waals surface area contributed by atoms with E-state index in [-0.39, 0.29) is 0 Å². The zero-order valence-corrected chi connectivity index (χ0v) is 6.90. The van der Waals surface area contributed by atoms with E-state index in [1.54, 1.807) is 12.1 Å². The molecule has 3 nitrogen and oxygen atoms in total. The maximum atomic E-state index is 13.1. The molecule has 3 N–H and O–H groups in total. The van der Waals surface area contributed by atoms with Gasteiger partial charge < -0.3 is 10.8 Å². The Bertz CT molecular complexity index is 297. The molecule has 0 radical (unpaired) electrons. The third-order valence-electron chi connectivity index (χ3n) is 1.65. The van der Waals surface area contributed by atoms with Gasteiger partial charge in [-0.25, -0.2) is 4.39 Å². The topological polar surface area (TPSA) is 63.3 Å². The fourth-order valence-corrected chi connectivity index (χ4v) is 0.976. The summed E-state index contributed by atoms with van der Waals surface area (Å²) in [7, 11) is 0. The second-order valence-electron chi connectivity index (χ2n) is 2.73. The Balaban J connectivity index is 2.71. The van der Waals surface area contributed by atoms with Crippen LogP contribution in [0.4, 0.5) is 10.1 Å². The number of nitrogen functional groups attached to an aromatic ring is 1. The summed E-state index contributed by atoms with van der Waals surface area (Å²) in [5.41, 5.74) is 6.27. The van der Waals surface area contributed by atoms with Crippen LogP contribution in [-0.4, -0.2) is 11.1 Å². The third-order valence-corrected chi connectivity index (χ3v) is 1.65. The highest BCUT2D eigenvalue weighted by atomic mass is 19.1. The molecule has 1 rings (SSSR count). The first-order chi connectivity index (χ1) is 6.09. The van der Waals surface area contributed by atoms with E-state index in [9.17, 15) is 9.18 Å². The van der Waals surface area contributed by atoms with Gasteiger partial charge in [0.15, 0.2) is 0 Å². The molecule has 0 heterocycles. The first kappa shape index (κ1) is 9.51. The van der Waals surface area contributed by atoms with Crippen LogP contribution in [0, 0.1) is 0 Å². The molecular weight excluding hydrogens is 173 g/mol. The number of carbonyl (C=O) groups is 1. The highest BCUT2D eigenvalue weighted by Crippen LogP contribution is 2.21. The van der Waals surface area contributed by atoms with Crippen molar-refractivity contribution in [1.82, 2.24) is 0 Å². The monoisotopic (exact) mass is 183 g/mol. The second kappa shape index (κ2) is 3.89. The lowest BCUT2D eigenvalue weighted by molar-refractivity contribution is -0.138. The first-order valence-corrected chi connectivity index (χ1v) is 3.81. The number of carboxylic acid groups (broad SMARTS) is 1. The summed E-state index contributed by atoms with van der Waals surface area (Å²) in [5, 5.41) is 8.34. The second-order valence-corrected chi connectivity index (χ2v) is 2.73. The molecule has 0 saturated carbocycles. The average Bonchev–Trinajstić information content (AvgIpc) is 2.04. The van der Waals surface area contributed by atoms with E-state index in [1.165, 1.54) is 12.1 Å². The molecule has 0 amide bonds. The van der Waals surface area contributed by atoms with Crippen LogP contribution in [0.5, 0.6) is 0 Å². The number of hydrogen-bond acceptors (Lipinski definition) is 2. The van der Waals surface area contributed by atoms with Gasteiger partial charge in [0.25, 0.3) is 0 Å². The van der Waals surface area contributed by atoms with Crippen molar-refractivity contribution in [3.63, 3.8) is 0 Å². The zero-order valence-electron chi connectivity index (χ0n) is 6.90. The normalized spacial score (nSPS) is 12.4. The van der Waals surface area contributed by atoms with E-state index < -0.39 is 18.6 Å². The summed E-state index contributed by atoms with van der Waals surface area (Å²) >= 11 is 0. The lowest BCUT2D eigenvalue weighted by Crippen LogP contribution is -2.01. The molecule has 70 valence electrons. The predicted octanol–water partition coefficient (Wildman–Crippen LogP) is 1.75. The molecule has 0 saturated heterocycles. The van der Waals surface area contributed by atoms with Crippen LogP contribution >= 0.6 is 0 Å². The third kappa shape index (κ3) is 2.74. The standard InChI is InChI=1S/C9H10FNO2/c10-8(5-9(12)13)6-1-3-7(11)4-2-6/h1-4,8H,5,11H2,(H,12,13). The summed E-state index contributed by atoms with van der Waals surface area (Å²) in [6, 6.07) is 6.07. The van der Waals surface area contributed by atoms with Gasteiger partial charge in [0.05, 0.1) is 6.42 Å². The van der Waals surface area contributed by atoms with Gasteiger partial charge in [-0.1, -0.05) is 12.1 Å². The minimum Gasteiger partial charge on any atom is -0.481 e. The Morgan fingerprint density at radius 2 is 2.00 bits per heavy atom. The Morgan fingerprint density at radius 1 is 1.46 bits per heavy atom. The Kier molecular flexibility index (Phi) is 2.84.